The van der Waals surface area contributed by atoms with Gasteiger partial charge in [-0.25, -0.2) is 14.8 Å². The third-order valence-electron chi connectivity index (χ3n) is 5.91. The number of hydrogen-bond donors (Lipinski definition) is 6. The first-order valence-electron chi connectivity index (χ1n) is 10.2. The van der Waals surface area contributed by atoms with Crippen LogP contribution < -0.4 is 21.7 Å². The van der Waals surface area contributed by atoms with Gasteiger partial charge in [-0.2, -0.15) is 0 Å². The molecule has 1 heterocycles. The molecule has 2 fully saturated rings. The molecule has 0 saturated heterocycles. The normalized spacial score (nSPS) is 18.8. The Kier molecular flexibility index (Phi) is 6.53. The van der Waals surface area contributed by atoms with Gasteiger partial charge in [0.1, 0.15) is 5.69 Å². The fraction of sp³-hybridized carbons (Fsp3) is 0.684. The average molecular weight is 390 g/mol. The number of nitrogen functional groups attached to an aromatic ring is 1. The van der Waals surface area contributed by atoms with Crippen LogP contribution in [0.25, 0.3) is 0 Å². The first-order valence-corrected chi connectivity index (χ1v) is 10.2. The van der Waals surface area contributed by atoms with Gasteiger partial charge >= 0.3 is 6.09 Å². The van der Waals surface area contributed by atoms with Crippen LogP contribution in [0.3, 0.4) is 0 Å². The fourth-order valence-electron chi connectivity index (χ4n) is 3.94. The Bertz CT molecular complexity index is 714. The van der Waals surface area contributed by atoms with Crippen molar-refractivity contribution in [1.82, 2.24) is 15.3 Å². The van der Waals surface area contributed by atoms with Crippen LogP contribution in [0.2, 0.25) is 0 Å². The maximum Gasteiger partial charge on any atom is 0.410 e. The molecule has 1 aromatic rings. The number of aromatic nitrogens is 2. The second kappa shape index (κ2) is 9.07. The van der Waals surface area contributed by atoms with E-state index in [1.54, 1.807) is 0 Å². The highest BCUT2D eigenvalue weighted by molar-refractivity contribution is 6.02. The van der Waals surface area contributed by atoms with Crippen molar-refractivity contribution >= 4 is 29.3 Å². The summed E-state index contributed by atoms with van der Waals surface area (Å²) in [5.74, 6) is 1.53. The van der Waals surface area contributed by atoms with Gasteiger partial charge in [-0.1, -0.05) is 25.7 Å². The van der Waals surface area contributed by atoms with E-state index in [0.717, 1.165) is 6.54 Å². The van der Waals surface area contributed by atoms with Gasteiger partial charge in [0.2, 0.25) is 0 Å². The number of amides is 1. The first-order chi connectivity index (χ1) is 13.4. The minimum atomic E-state index is -1.33. The third-order valence-corrected chi connectivity index (χ3v) is 5.91. The van der Waals surface area contributed by atoms with Crippen LogP contribution in [0.4, 0.5) is 22.1 Å². The monoisotopic (exact) mass is 389 g/mol. The van der Waals surface area contributed by atoms with Crippen molar-refractivity contribution in [1.29, 1.82) is 5.41 Å². The summed E-state index contributed by atoms with van der Waals surface area (Å²) in [6.45, 7) is 2.93. The standard InChI is InChI=1S/C19H31N7O2/c1-11(13-8-5-9-13)23-17-14(22-10-12-6-3-2-4-7-12)15(20)24-18(26-17)16(21)25-19(27)28/h11-13,22H,2-10H2,1H3,(H2,21,25)(H,27,28)(H3,20,23,24,26). The third kappa shape index (κ3) is 5.02. The van der Waals surface area contributed by atoms with E-state index in [4.69, 9.17) is 16.2 Å². The largest absolute Gasteiger partial charge is 0.465 e. The summed E-state index contributed by atoms with van der Waals surface area (Å²) in [7, 11) is 0. The van der Waals surface area contributed by atoms with Crippen LogP contribution in [0.15, 0.2) is 0 Å². The second-order valence-electron chi connectivity index (χ2n) is 7.97. The summed E-state index contributed by atoms with van der Waals surface area (Å²) in [4.78, 5) is 19.4. The molecule has 1 atom stereocenters. The van der Waals surface area contributed by atoms with Gasteiger partial charge in [-0.3, -0.25) is 10.7 Å². The van der Waals surface area contributed by atoms with Gasteiger partial charge in [-0.15, -0.1) is 0 Å². The smallest absolute Gasteiger partial charge is 0.410 e. The van der Waals surface area contributed by atoms with Gasteiger partial charge in [0.05, 0.1) is 0 Å². The highest BCUT2D eigenvalue weighted by Crippen LogP contribution is 2.34. The zero-order valence-electron chi connectivity index (χ0n) is 16.4. The van der Waals surface area contributed by atoms with Crippen LogP contribution in [0.5, 0.6) is 0 Å². The fourth-order valence-corrected chi connectivity index (χ4v) is 3.94. The van der Waals surface area contributed by atoms with E-state index < -0.39 is 11.9 Å². The summed E-state index contributed by atoms with van der Waals surface area (Å²) in [6.07, 6.45) is 8.53. The Morgan fingerprint density at radius 2 is 1.93 bits per heavy atom. The zero-order valence-corrected chi connectivity index (χ0v) is 16.4. The molecular formula is C19H31N7O2. The van der Waals surface area contributed by atoms with Crippen LogP contribution in [-0.4, -0.2) is 39.6 Å². The van der Waals surface area contributed by atoms with Crippen molar-refractivity contribution in [2.24, 2.45) is 11.8 Å². The van der Waals surface area contributed by atoms with E-state index in [-0.39, 0.29) is 17.7 Å². The Morgan fingerprint density at radius 1 is 1.21 bits per heavy atom. The summed E-state index contributed by atoms with van der Waals surface area (Å²) in [6, 6.07) is 0.216. The van der Waals surface area contributed by atoms with Gasteiger partial charge in [-0.05, 0) is 44.4 Å². The van der Waals surface area contributed by atoms with Crippen molar-refractivity contribution in [3.63, 3.8) is 0 Å². The lowest BCUT2D eigenvalue weighted by Gasteiger charge is -2.33. The molecule has 7 N–H and O–H groups in total. The summed E-state index contributed by atoms with van der Waals surface area (Å²) >= 11 is 0. The van der Waals surface area contributed by atoms with Crippen molar-refractivity contribution < 1.29 is 9.90 Å². The highest BCUT2D eigenvalue weighted by Gasteiger charge is 2.26. The van der Waals surface area contributed by atoms with Crippen molar-refractivity contribution in [2.45, 2.75) is 64.3 Å². The number of rotatable bonds is 7. The number of hydrogen-bond acceptors (Lipinski definition) is 7. The van der Waals surface area contributed by atoms with Crippen LogP contribution in [0.1, 0.15) is 64.1 Å². The molecule has 1 aromatic heterocycles. The zero-order chi connectivity index (χ0) is 20.1. The number of nitrogens with one attached hydrogen (secondary N) is 4. The van der Waals surface area contributed by atoms with E-state index in [1.807, 2.05) is 5.32 Å². The number of nitrogens with zero attached hydrogens (tertiary/aromatic N) is 2. The molecule has 9 heteroatoms. The lowest BCUT2D eigenvalue weighted by atomic mass is 9.80. The van der Waals surface area contributed by atoms with E-state index in [1.165, 1.54) is 51.4 Å². The minimum Gasteiger partial charge on any atom is -0.465 e. The number of carbonyl (C=O) groups is 1. The lowest BCUT2D eigenvalue weighted by Crippen LogP contribution is -2.33. The molecule has 3 rings (SSSR count). The van der Waals surface area contributed by atoms with Crippen molar-refractivity contribution in [2.75, 3.05) is 22.9 Å². The molecule has 0 aliphatic heterocycles. The molecule has 28 heavy (non-hydrogen) atoms. The summed E-state index contributed by atoms with van der Waals surface area (Å²) in [5, 5.41) is 25.6. The predicted octanol–water partition coefficient (Wildman–Crippen LogP) is 3.24. The maximum absolute atomic E-state index is 10.8. The number of anilines is 3. The molecule has 1 amide bonds. The van der Waals surface area contributed by atoms with Crippen LogP contribution >= 0.6 is 0 Å². The summed E-state index contributed by atoms with van der Waals surface area (Å²) < 4.78 is 0. The Morgan fingerprint density at radius 3 is 2.54 bits per heavy atom. The molecular weight excluding hydrogens is 358 g/mol. The topological polar surface area (TPSA) is 149 Å². The summed E-state index contributed by atoms with van der Waals surface area (Å²) in [5.41, 5.74) is 6.82. The lowest BCUT2D eigenvalue weighted by molar-refractivity contribution is 0.200. The molecule has 0 spiro atoms. The Labute approximate surface area is 165 Å². The van der Waals surface area contributed by atoms with E-state index in [2.05, 4.69) is 27.5 Å². The molecule has 0 aromatic carbocycles. The number of nitrogens with two attached hydrogens (primary N) is 1. The van der Waals surface area contributed by atoms with Gasteiger partial charge in [0.15, 0.2) is 23.3 Å². The van der Waals surface area contributed by atoms with E-state index in [9.17, 15) is 4.79 Å². The second-order valence-corrected chi connectivity index (χ2v) is 7.97. The van der Waals surface area contributed by atoms with Gasteiger partial charge in [0.25, 0.3) is 0 Å². The molecule has 2 aliphatic rings. The SMILES string of the molecule is CC(Nc1nc(C(=N)NC(=O)O)nc(N)c1NCC1CCCCC1)C1CCC1. The number of carboxylic acid groups (broad SMARTS) is 1. The van der Waals surface area contributed by atoms with Crippen LogP contribution in [0, 0.1) is 17.2 Å². The molecule has 1 unspecified atom stereocenters. The maximum atomic E-state index is 10.8. The van der Waals surface area contributed by atoms with E-state index >= 15 is 0 Å². The first kappa shape index (κ1) is 20.2. The Hall–Kier alpha value is -2.58. The molecule has 154 valence electrons. The highest BCUT2D eigenvalue weighted by atomic mass is 16.4. The van der Waals surface area contributed by atoms with E-state index in [0.29, 0.717) is 23.3 Å². The Balaban J connectivity index is 1.80. The molecule has 0 radical (unpaired) electrons. The molecule has 0 bridgehead atoms. The van der Waals surface area contributed by atoms with Crippen molar-refractivity contribution in [3.8, 4) is 0 Å². The predicted molar refractivity (Wildman–Crippen MR) is 110 cm³/mol. The minimum absolute atomic E-state index is 0.0357. The van der Waals surface area contributed by atoms with Crippen molar-refractivity contribution in [3.05, 3.63) is 5.82 Å². The molecule has 2 aliphatic carbocycles. The van der Waals surface area contributed by atoms with Gasteiger partial charge < -0.3 is 21.5 Å². The van der Waals surface area contributed by atoms with Crippen LogP contribution in [-0.2, 0) is 0 Å². The quantitative estimate of drug-likeness (QED) is 0.309. The molecule has 2 saturated carbocycles. The average Bonchev–Trinajstić information content (AvgIpc) is 2.59. The van der Waals surface area contributed by atoms with Gasteiger partial charge in [0, 0.05) is 12.6 Å². The molecule has 9 nitrogen and oxygen atoms in total. The number of amidine groups is 1.